The lowest BCUT2D eigenvalue weighted by molar-refractivity contribution is -0.431. The highest BCUT2D eigenvalue weighted by Gasteiger charge is 2.02. The molecule has 1 rings (SSSR count). The first kappa shape index (κ1) is 11.5. The Kier molecular flexibility index (Phi) is 4.12. The average Bonchev–Trinajstić information content (AvgIpc) is 2.17. The molecule has 0 saturated carbocycles. The number of nitrogens with zero attached hydrogens (tertiary/aromatic N) is 1. The fraction of sp³-hybridized carbons (Fsp3) is 0.200. The fourth-order valence-electron chi connectivity index (χ4n) is 1.11. The summed E-state index contributed by atoms with van der Waals surface area (Å²) in [6.07, 6.45) is 0.674. The summed E-state index contributed by atoms with van der Waals surface area (Å²) in [5, 5.41) is 13.5. The molecule has 0 heterocycles. The topological polar surface area (TPSA) is 55.2 Å². The largest absolute Gasteiger partial charge is 0.358 e. The van der Waals surface area contributed by atoms with Gasteiger partial charge in [-0.25, -0.2) is 0 Å². The minimum Gasteiger partial charge on any atom is -0.358 e. The molecule has 0 aliphatic rings. The zero-order valence-corrected chi connectivity index (χ0v) is 8.83. The Hall–Kier alpha value is -1.55. The summed E-state index contributed by atoms with van der Waals surface area (Å²) >= 11 is 5.79. The van der Waals surface area contributed by atoms with Gasteiger partial charge in [-0.3, -0.25) is 5.32 Å². The van der Waals surface area contributed by atoms with Crippen molar-refractivity contribution in [1.29, 1.82) is 0 Å². The summed E-state index contributed by atoms with van der Waals surface area (Å²) in [5.41, 5.74) is 1.03. The molecule has 80 valence electrons. The second-order valence-electron chi connectivity index (χ2n) is 3.01. The molecule has 0 aliphatic carbocycles. The first-order valence-electron chi connectivity index (χ1n) is 4.41. The van der Waals surface area contributed by atoms with Crippen LogP contribution in [-0.2, 0) is 6.42 Å². The molecule has 15 heavy (non-hydrogen) atoms. The number of hydrogen-bond acceptors (Lipinski definition) is 3. The van der Waals surface area contributed by atoms with Gasteiger partial charge in [-0.15, -0.1) is 0 Å². The van der Waals surface area contributed by atoms with Crippen LogP contribution < -0.4 is 5.32 Å². The third-order valence-electron chi connectivity index (χ3n) is 1.85. The lowest BCUT2D eigenvalue weighted by atomic mass is 10.1. The van der Waals surface area contributed by atoms with Crippen LogP contribution in [0.15, 0.2) is 36.7 Å². The maximum atomic E-state index is 10.2. The summed E-state index contributed by atoms with van der Waals surface area (Å²) in [4.78, 5) is 9.67. The van der Waals surface area contributed by atoms with Crippen LogP contribution in [0.3, 0.4) is 0 Å². The van der Waals surface area contributed by atoms with Crippen molar-refractivity contribution < 1.29 is 4.92 Å². The van der Waals surface area contributed by atoms with Crippen LogP contribution in [0.5, 0.6) is 0 Å². The molecule has 0 amide bonds. The van der Waals surface area contributed by atoms with Crippen molar-refractivity contribution in [3.05, 3.63) is 57.4 Å². The molecule has 1 aromatic carbocycles. The maximum absolute atomic E-state index is 10.2. The third-order valence-corrected chi connectivity index (χ3v) is 2.09. The van der Waals surface area contributed by atoms with E-state index in [0.717, 1.165) is 5.56 Å². The Morgan fingerprint density at radius 2 is 2.33 bits per heavy atom. The molecular formula is C10H11ClN2O2. The van der Waals surface area contributed by atoms with E-state index < -0.39 is 4.92 Å². The van der Waals surface area contributed by atoms with Gasteiger partial charge in [0.15, 0.2) is 0 Å². The third kappa shape index (κ3) is 3.99. The van der Waals surface area contributed by atoms with E-state index in [4.69, 9.17) is 11.6 Å². The van der Waals surface area contributed by atoms with Gasteiger partial charge in [-0.2, -0.15) is 0 Å². The van der Waals surface area contributed by atoms with Gasteiger partial charge in [0.2, 0.25) is 0 Å². The zero-order valence-electron chi connectivity index (χ0n) is 8.07. The Morgan fingerprint density at radius 1 is 1.60 bits per heavy atom. The number of rotatable bonds is 5. The second kappa shape index (κ2) is 5.36. The van der Waals surface area contributed by atoms with Crippen molar-refractivity contribution in [2.75, 3.05) is 6.54 Å². The minimum absolute atomic E-state index is 0.183. The molecule has 0 atom stereocenters. The van der Waals surface area contributed by atoms with Gasteiger partial charge in [0.25, 0.3) is 0 Å². The van der Waals surface area contributed by atoms with Gasteiger partial charge < -0.3 is 10.1 Å². The fourth-order valence-corrected chi connectivity index (χ4v) is 1.32. The van der Waals surface area contributed by atoms with Crippen LogP contribution in [0, 0.1) is 10.1 Å². The molecule has 0 aliphatic heterocycles. The molecule has 0 radical (unpaired) electrons. The highest BCUT2D eigenvalue weighted by molar-refractivity contribution is 6.30. The molecule has 1 aromatic rings. The molecular weight excluding hydrogens is 216 g/mol. The number of halogens is 1. The SMILES string of the molecule is C=C(NCCc1cccc(Cl)c1)[N+](=O)[O-]. The summed E-state index contributed by atoms with van der Waals surface area (Å²) in [6, 6.07) is 7.38. The number of benzene rings is 1. The normalized spacial score (nSPS) is 9.67. The smallest absolute Gasteiger partial charge is 0.308 e. The van der Waals surface area contributed by atoms with Crippen LogP contribution in [0.25, 0.3) is 0 Å². The first-order chi connectivity index (χ1) is 7.09. The van der Waals surface area contributed by atoms with Crippen molar-refractivity contribution in [1.82, 2.24) is 5.32 Å². The van der Waals surface area contributed by atoms with Gasteiger partial charge in [0.05, 0.1) is 6.54 Å². The van der Waals surface area contributed by atoms with E-state index in [9.17, 15) is 10.1 Å². The summed E-state index contributed by atoms with van der Waals surface area (Å²) in [6.45, 7) is 3.74. The molecule has 4 nitrogen and oxygen atoms in total. The highest BCUT2D eigenvalue weighted by atomic mass is 35.5. The van der Waals surface area contributed by atoms with E-state index >= 15 is 0 Å². The van der Waals surface area contributed by atoms with E-state index in [1.54, 1.807) is 6.07 Å². The standard InChI is InChI=1S/C10H11ClN2O2/c1-8(13(14)15)12-6-5-9-3-2-4-10(11)7-9/h2-4,7,12H,1,5-6H2. The quantitative estimate of drug-likeness (QED) is 0.619. The zero-order chi connectivity index (χ0) is 11.3. The Morgan fingerprint density at radius 3 is 2.93 bits per heavy atom. The second-order valence-corrected chi connectivity index (χ2v) is 3.45. The Bertz CT molecular complexity index is 379. The molecule has 0 unspecified atom stereocenters. The van der Waals surface area contributed by atoms with Crippen LogP contribution in [0.4, 0.5) is 0 Å². The van der Waals surface area contributed by atoms with Gasteiger partial charge >= 0.3 is 5.82 Å². The van der Waals surface area contributed by atoms with Crippen LogP contribution in [0.2, 0.25) is 5.02 Å². The van der Waals surface area contributed by atoms with E-state index in [-0.39, 0.29) is 5.82 Å². The van der Waals surface area contributed by atoms with Crippen LogP contribution >= 0.6 is 11.6 Å². The number of hydrogen-bond donors (Lipinski definition) is 1. The van der Waals surface area contributed by atoms with Crippen molar-refractivity contribution in [2.24, 2.45) is 0 Å². The lowest BCUT2D eigenvalue weighted by Crippen LogP contribution is -2.21. The van der Waals surface area contributed by atoms with Gasteiger partial charge in [0.1, 0.15) is 0 Å². The molecule has 0 aromatic heterocycles. The molecule has 5 heteroatoms. The van der Waals surface area contributed by atoms with E-state index in [0.29, 0.717) is 18.0 Å². The average molecular weight is 227 g/mol. The number of nitro groups is 1. The minimum atomic E-state index is -0.544. The molecule has 0 fully saturated rings. The van der Waals surface area contributed by atoms with Crippen molar-refractivity contribution in [2.45, 2.75) is 6.42 Å². The van der Waals surface area contributed by atoms with E-state index in [1.807, 2.05) is 18.2 Å². The monoisotopic (exact) mass is 226 g/mol. The van der Waals surface area contributed by atoms with E-state index in [1.165, 1.54) is 0 Å². The first-order valence-corrected chi connectivity index (χ1v) is 4.79. The number of nitrogens with one attached hydrogen (secondary N) is 1. The van der Waals surface area contributed by atoms with Crippen LogP contribution in [0.1, 0.15) is 5.56 Å². The molecule has 0 bridgehead atoms. The lowest BCUT2D eigenvalue weighted by Gasteiger charge is -2.02. The van der Waals surface area contributed by atoms with Gasteiger partial charge in [0, 0.05) is 11.4 Å². The van der Waals surface area contributed by atoms with E-state index in [2.05, 4.69) is 11.9 Å². The predicted octanol–water partition coefficient (Wildman–Crippen LogP) is 2.22. The van der Waals surface area contributed by atoms with Crippen molar-refractivity contribution in [3.63, 3.8) is 0 Å². The summed E-state index contributed by atoms with van der Waals surface area (Å²) < 4.78 is 0. The van der Waals surface area contributed by atoms with Crippen molar-refractivity contribution >= 4 is 11.6 Å². The predicted molar refractivity (Wildman–Crippen MR) is 59.3 cm³/mol. The van der Waals surface area contributed by atoms with Gasteiger partial charge in [-0.05, 0) is 29.2 Å². The molecule has 1 N–H and O–H groups in total. The summed E-state index contributed by atoms with van der Waals surface area (Å²) in [5.74, 6) is -0.183. The molecule has 0 spiro atoms. The Balaban J connectivity index is 2.38. The maximum Gasteiger partial charge on any atom is 0.308 e. The van der Waals surface area contributed by atoms with Gasteiger partial charge in [-0.1, -0.05) is 23.7 Å². The Labute approximate surface area is 92.7 Å². The molecule has 0 saturated heterocycles. The van der Waals surface area contributed by atoms with Crippen molar-refractivity contribution in [3.8, 4) is 0 Å². The summed E-state index contributed by atoms with van der Waals surface area (Å²) in [7, 11) is 0. The highest BCUT2D eigenvalue weighted by Crippen LogP contribution is 2.10. The van der Waals surface area contributed by atoms with Crippen LogP contribution in [-0.4, -0.2) is 11.5 Å².